The molecule has 1 aliphatic carbocycles. The molecule has 0 aromatic heterocycles. The van der Waals surface area contributed by atoms with Crippen LogP contribution in [0.4, 0.5) is 23.7 Å². The van der Waals surface area contributed by atoms with E-state index in [1.807, 2.05) is 0 Å². The van der Waals surface area contributed by atoms with Crippen molar-refractivity contribution in [1.82, 2.24) is 10.2 Å². The summed E-state index contributed by atoms with van der Waals surface area (Å²) in [7, 11) is 0. The molecule has 2 fully saturated rings. The van der Waals surface area contributed by atoms with Crippen LogP contribution >= 0.6 is 11.8 Å². The minimum Gasteiger partial charge on any atom is -0.324 e. The van der Waals surface area contributed by atoms with Gasteiger partial charge in [-0.25, -0.2) is 4.79 Å². The Kier molecular flexibility index (Phi) is 5.11. The van der Waals surface area contributed by atoms with Gasteiger partial charge in [0, 0.05) is 4.90 Å². The van der Waals surface area contributed by atoms with E-state index >= 15 is 0 Å². The number of imide groups is 1. The lowest BCUT2D eigenvalue weighted by molar-refractivity contribution is -0.134. The van der Waals surface area contributed by atoms with Crippen molar-refractivity contribution in [3.63, 3.8) is 0 Å². The van der Waals surface area contributed by atoms with Crippen LogP contribution in [0, 0.1) is 5.92 Å². The largest absolute Gasteiger partial charge is 0.398 e. The van der Waals surface area contributed by atoms with E-state index in [2.05, 4.69) is 10.6 Å². The number of hydrogen-bond acceptors (Lipinski definition) is 4. The Hall–Kier alpha value is -2.23. The number of amides is 4. The number of rotatable bonds is 6. The standard InChI is InChI=1S/C17H18F3N3O3S/c1-16(10-6-7-10)14(25)23(15(26)22-16)8-13(24)21-11-4-2-3-5-12(11)27-9-17(18,19)20/h2-5,10H,6-9H2,1H3,(H,21,24)(H,22,26). The molecule has 146 valence electrons. The molecule has 1 atom stereocenters. The van der Waals surface area contributed by atoms with E-state index < -0.39 is 41.9 Å². The molecule has 1 aromatic carbocycles. The average Bonchev–Trinajstić information content (AvgIpc) is 3.40. The van der Waals surface area contributed by atoms with Crippen molar-refractivity contribution < 1.29 is 27.6 Å². The quantitative estimate of drug-likeness (QED) is 0.567. The third kappa shape index (κ3) is 4.37. The second-order valence-electron chi connectivity index (χ2n) is 6.75. The third-order valence-corrected chi connectivity index (χ3v) is 5.69. The first kappa shape index (κ1) is 19.5. The Morgan fingerprint density at radius 1 is 1.33 bits per heavy atom. The first-order valence-electron chi connectivity index (χ1n) is 8.33. The fourth-order valence-corrected chi connectivity index (χ4v) is 3.75. The smallest absolute Gasteiger partial charge is 0.324 e. The van der Waals surface area contributed by atoms with Gasteiger partial charge in [0.05, 0.1) is 11.4 Å². The molecule has 0 radical (unpaired) electrons. The zero-order chi connectivity index (χ0) is 19.8. The summed E-state index contributed by atoms with van der Waals surface area (Å²) < 4.78 is 37.3. The maximum Gasteiger partial charge on any atom is 0.398 e. The molecular weight excluding hydrogens is 383 g/mol. The van der Waals surface area contributed by atoms with Gasteiger partial charge in [0.25, 0.3) is 5.91 Å². The number of halogens is 3. The summed E-state index contributed by atoms with van der Waals surface area (Å²) in [4.78, 5) is 38.0. The van der Waals surface area contributed by atoms with E-state index in [1.54, 1.807) is 19.1 Å². The molecule has 1 unspecified atom stereocenters. The molecule has 2 N–H and O–H groups in total. The predicted octanol–water partition coefficient (Wildman–Crippen LogP) is 3.00. The van der Waals surface area contributed by atoms with Crippen LogP contribution in [0.25, 0.3) is 0 Å². The zero-order valence-electron chi connectivity index (χ0n) is 14.4. The molecule has 27 heavy (non-hydrogen) atoms. The average molecular weight is 401 g/mol. The van der Waals surface area contributed by atoms with Crippen LogP contribution in [-0.2, 0) is 9.59 Å². The number of thioether (sulfide) groups is 1. The van der Waals surface area contributed by atoms with Crippen molar-refractivity contribution in [2.24, 2.45) is 5.92 Å². The number of carbonyl (C=O) groups excluding carboxylic acids is 3. The van der Waals surface area contributed by atoms with Crippen LogP contribution in [-0.4, -0.2) is 46.8 Å². The summed E-state index contributed by atoms with van der Waals surface area (Å²) in [5.41, 5.74) is -0.786. The highest BCUT2D eigenvalue weighted by Crippen LogP contribution is 2.42. The van der Waals surface area contributed by atoms with Crippen LogP contribution in [0.3, 0.4) is 0 Å². The molecule has 3 rings (SSSR count). The van der Waals surface area contributed by atoms with Gasteiger partial charge in [0.1, 0.15) is 12.1 Å². The Bertz CT molecular complexity index is 782. The highest BCUT2D eigenvalue weighted by molar-refractivity contribution is 7.99. The molecule has 6 nitrogen and oxygen atoms in total. The van der Waals surface area contributed by atoms with Gasteiger partial charge in [-0.3, -0.25) is 14.5 Å². The van der Waals surface area contributed by atoms with Gasteiger partial charge in [0.2, 0.25) is 5.91 Å². The second kappa shape index (κ2) is 7.06. The molecule has 1 aliphatic heterocycles. The number of alkyl halides is 3. The molecule has 1 saturated heterocycles. The summed E-state index contributed by atoms with van der Waals surface area (Å²) in [5.74, 6) is -2.13. The normalized spacial score (nSPS) is 22.7. The fraction of sp³-hybridized carbons (Fsp3) is 0.471. The first-order chi connectivity index (χ1) is 12.6. The number of hydrogen-bond donors (Lipinski definition) is 2. The summed E-state index contributed by atoms with van der Waals surface area (Å²) in [6.45, 7) is 1.15. The lowest BCUT2D eigenvalue weighted by Crippen LogP contribution is -2.46. The summed E-state index contributed by atoms with van der Waals surface area (Å²) in [6, 6.07) is 5.43. The monoisotopic (exact) mass is 401 g/mol. The molecule has 0 bridgehead atoms. The number of carbonyl (C=O) groups is 3. The van der Waals surface area contributed by atoms with Crippen molar-refractivity contribution in [3.05, 3.63) is 24.3 Å². The molecule has 1 saturated carbocycles. The van der Waals surface area contributed by atoms with E-state index in [0.29, 0.717) is 11.8 Å². The number of nitrogens with one attached hydrogen (secondary N) is 2. The number of nitrogens with zero attached hydrogens (tertiary/aromatic N) is 1. The van der Waals surface area contributed by atoms with Crippen LogP contribution in [0.2, 0.25) is 0 Å². The maximum absolute atomic E-state index is 12.5. The number of benzene rings is 1. The third-order valence-electron chi connectivity index (χ3n) is 4.55. The van der Waals surface area contributed by atoms with Gasteiger partial charge in [0.15, 0.2) is 0 Å². The van der Waals surface area contributed by atoms with Crippen molar-refractivity contribution in [2.75, 3.05) is 17.6 Å². The number of anilines is 1. The topological polar surface area (TPSA) is 78.5 Å². The van der Waals surface area contributed by atoms with Gasteiger partial charge < -0.3 is 10.6 Å². The van der Waals surface area contributed by atoms with Crippen LogP contribution < -0.4 is 10.6 Å². The lowest BCUT2D eigenvalue weighted by atomic mass is 9.96. The molecule has 0 spiro atoms. The van der Waals surface area contributed by atoms with E-state index in [-0.39, 0.29) is 16.5 Å². The van der Waals surface area contributed by atoms with E-state index in [1.165, 1.54) is 12.1 Å². The van der Waals surface area contributed by atoms with Crippen molar-refractivity contribution in [3.8, 4) is 0 Å². The first-order valence-corrected chi connectivity index (χ1v) is 9.31. The van der Waals surface area contributed by atoms with Crippen molar-refractivity contribution in [1.29, 1.82) is 0 Å². The number of urea groups is 1. The van der Waals surface area contributed by atoms with Crippen LogP contribution in [0.15, 0.2) is 29.2 Å². The molecule has 10 heteroatoms. The highest BCUT2D eigenvalue weighted by Gasteiger charge is 2.56. The highest BCUT2D eigenvalue weighted by atomic mass is 32.2. The van der Waals surface area contributed by atoms with Gasteiger partial charge in [-0.1, -0.05) is 12.1 Å². The Morgan fingerprint density at radius 2 is 2.00 bits per heavy atom. The second-order valence-corrected chi connectivity index (χ2v) is 7.76. The fourth-order valence-electron chi connectivity index (χ4n) is 2.99. The Balaban J connectivity index is 1.65. The van der Waals surface area contributed by atoms with E-state index in [0.717, 1.165) is 17.7 Å². The van der Waals surface area contributed by atoms with Gasteiger partial charge >= 0.3 is 12.2 Å². The molecule has 1 heterocycles. The SMILES string of the molecule is CC1(C2CC2)NC(=O)N(CC(=O)Nc2ccccc2SCC(F)(F)F)C1=O. The molecule has 1 aromatic rings. The Labute approximate surface area is 157 Å². The van der Waals surface area contributed by atoms with E-state index in [9.17, 15) is 27.6 Å². The lowest BCUT2D eigenvalue weighted by Gasteiger charge is -2.20. The van der Waals surface area contributed by atoms with Crippen LogP contribution in [0.5, 0.6) is 0 Å². The molecular formula is C17H18F3N3O3S. The van der Waals surface area contributed by atoms with E-state index in [4.69, 9.17) is 0 Å². The Morgan fingerprint density at radius 3 is 2.63 bits per heavy atom. The van der Waals surface area contributed by atoms with Gasteiger partial charge in [-0.2, -0.15) is 13.2 Å². The molecule has 4 amide bonds. The minimum absolute atomic E-state index is 0.0708. The summed E-state index contributed by atoms with van der Waals surface area (Å²) in [5, 5.41) is 5.12. The number of para-hydroxylation sites is 1. The van der Waals surface area contributed by atoms with Gasteiger partial charge in [-0.05, 0) is 37.8 Å². The predicted molar refractivity (Wildman–Crippen MR) is 93.2 cm³/mol. The summed E-state index contributed by atoms with van der Waals surface area (Å²) >= 11 is 0.552. The zero-order valence-corrected chi connectivity index (χ0v) is 15.2. The van der Waals surface area contributed by atoms with Crippen molar-refractivity contribution in [2.45, 2.75) is 36.4 Å². The maximum atomic E-state index is 12.5. The minimum atomic E-state index is -4.34. The van der Waals surface area contributed by atoms with Gasteiger partial charge in [-0.15, -0.1) is 11.8 Å². The summed E-state index contributed by atoms with van der Waals surface area (Å²) in [6.07, 6.45) is -2.66. The molecule has 2 aliphatic rings. The van der Waals surface area contributed by atoms with Crippen LogP contribution in [0.1, 0.15) is 19.8 Å². The van der Waals surface area contributed by atoms with Crippen molar-refractivity contribution >= 4 is 35.3 Å².